The lowest BCUT2D eigenvalue weighted by atomic mass is 9.88. The number of carbonyl (C=O) groups is 1. The van der Waals surface area contributed by atoms with Crippen LogP contribution in [0.3, 0.4) is 0 Å². The smallest absolute Gasteiger partial charge is 0.306 e. The molecule has 114 valence electrons. The minimum atomic E-state index is -0.435. The van der Waals surface area contributed by atoms with Crippen LogP contribution < -0.4 is 0 Å². The van der Waals surface area contributed by atoms with E-state index in [2.05, 4.69) is 0 Å². The number of carbonyl (C=O) groups excluding carboxylic acids is 1. The quantitative estimate of drug-likeness (QED) is 0.463. The third-order valence-corrected chi connectivity index (χ3v) is 3.36. The van der Waals surface area contributed by atoms with E-state index >= 15 is 0 Å². The lowest BCUT2D eigenvalue weighted by Gasteiger charge is -2.17. The highest BCUT2D eigenvalue weighted by atomic mass is 16.6. The first kappa shape index (κ1) is 15.7. The number of nitro groups is 1. The zero-order valence-electron chi connectivity index (χ0n) is 12.3. The molecule has 0 N–H and O–H groups in total. The van der Waals surface area contributed by atoms with Crippen molar-refractivity contribution < 1.29 is 14.5 Å². The molecule has 0 saturated heterocycles. The van der Waals surface area contributed by atoms with Gasteiger partial charge in [-0.05, 0) is 18.1 Å². The van der Waals surface area contributed by atoms with Gasteiger partial charge in [0.2, 0.25) is 0 Å². The van der Waals surface area contributed by atoms with Gasteiger partial charge in [0.05, 0.1) is 18.0 Å². The van der Waals surface area contributed by atoms with Crippen LogP contribution in [0.4, 0.5) is 5.69 Å². The molecule has 5 heteroatoms. The summed E-state index contributed by atoms with van der Waals surface area (Å²) in [4.78, 5) is 22.4. The van der Waals surface area contributed by atoms with Crippen LogP contribution in [0.15, 0.2) is 54.6 Å². The van der Waals surface area contributed by atoms with Crippen LogP contribution in [0, 0.1) is 10.1 Å². The molecular formula is C17H17NO4. The zero-order valence-corrected chi connectivity index (χ0v) is 12.3. The Morgan fingerprint density at radius 1 is 1.14 bits per heavy atom. The molecule has 2 rings (SSSR count). The van der Waals surface area contributed by atoms with E-state index in [1.54, 1.807) is 19.1 Å². The molecule has 0 bridgehead atoms. The standard InChI is InChI=1S/C17H17NO4/c1-2-22-17(19)12-16(13-7-4-3-5-8-13)14-9-6-10-15(11-14)18(20)21/h3-11,16H,2,12H2,1H3. The number of ether oxygens (including phenoxy) is 1. The Hall–Kier alpha value is -2.69. The summed E-state index contributed by atoms with van der Waals surface area (Å²) in [5.41, 5.74) is 1.67. The predicted octanol–water partition coefficient (Wildman–Crippen LogP) is 3.68. The summed E-state index contributed by atoms with van der Waals surface area (Å²) >= 11 is 0. The van der Waals surface area contributed by atoms with Crippen LogP contribution >= 0.6 is 0 Å². The number of esters is 1. The van der Waals surface area contributed by atoms with E-state index < -0.39 is 4.92 Å². The molecule has 0 aliphatic carbocycles. The third-order valence-electron chi connectivity index (χ3n) is 3.36. The molecule has 0 spiro atoms. The van der Waals surface area contributed by atoms with Gasteiger partial charge in [0.1, 0.15) is 0 Å². The second-order valence-electron chi connectivity index (χ2n) is 4.82. The molecule has 5 nitrogen and oxygen atoms in total. The van der Waals surface area contributed by atoms with Gasteiger partial charge >= 0.3 is 5.97 Å². The molecule has 0 amide bonds. The highest BCUT2D eigenvalue weighted by Crippen LogP contribution is 2.30. The fraction of sp³-hybridized carbons (Fsp3) is 0.235. The van der Waals surface area contributed by atoms with Gasteiger partial charge in [-0.25, -0.2) is 0 Å². The molecule has 0 fully saturated rings. The van der Waals surface area contributed by atoms with Crippen molar-refractivity contribution in [1.29, 1.82) is 0 Å². The molecule has 2 aromatic rings. The fourth-order valence-corrected chi connectivity index (χ4v) is 2.36. The van der Waals surface area contributed by atoms with Crippen LogP contribution in [0.5, 0.6) is 0 Å². The van der Waals surface area contributed by atoms with E-state index in [0.29, 0.717) is 6.61 Å². The van der Waals surface area contributed by atoms with E-state index in [4.69, 9.17) is 4.74 Å². The summed E-state index contributed by atoms with van der Waals surface area (Å²) < 4.78 is 5.02. The Morgan fingerprint density at radius 3 is 2.45 bits per heavy atom. The maximum Gasteiger partial charge on any atom is 0.306 e. The van der Waals surface area contributed by atoms with E-state index in [-0.39, 0.29) is 24.0 Å². The molecule has 0 aliphatic rings. The van der Waals surface area contributed by atoms with E-state index in [1.807, 2.05) is 30.3 Å². The van der Waals surface area contributed by atoms with Gasteiger partial charge in [-0.3, -0.25) is 14.9 Å². The summed E-state index contributed by atoms with van der Waals surface area (Å²) in [6.45, 7) is 2.07. The Bertz CT molecular complexity index is 655. The molecule has 0 aromatic heterocycles. The number of non-ortho nitro benzene ring substituents is 1. The van der Waals surface area contributed by atoms with Crippen LogP contribution in [-0.4, -0.2) is 17.5 Å². The molecule has 1 unspecified atom stereocenters. The topological polar surface area (TPSA) is 69.4 Å². The van der Waals surface area contributed by atoms with Crippen LogP contribution in [0.2, 0.25) is 0 Å². The van der Waals surface area contributed by atoms with E-state index in [1.165, 1.54) is 12.1 Å². The van der Waals surface area contributed by atoms with Crippen LogP contribution in [0.25, 0.3) is 0 Å². The van der Waals surface area contributed by atoms with Gasteiger partial charge in [-0.2, -0.15) is 0 Å². The molecule has 1 atom stereocenters. The lowest BCUT2D eigenvalue weighted by Crippen LogP contribution is -2.12. The first-order chi connectivity index (χ1) is 10.6. The number of nitro benzene ring substituents is 1. The van der Waals surface area contributed by atoms with Crippen molar-refractivity contribution >= 4 is 11.7 Å². The van der Waals surface area contributed by atoms with Gasteiger partial charge in [0, 0.05) is 18.1 Å². The summed E-state index contributed by atoms with van der Waals surface area (Å²) in [5.74, 6) is -0.581. The third kappa shape index (κ3) is 3.91. The van der Waals surface area contributed by atoms with Crippen LogP contribution in [0.1, 0.15) is 30.4 Å². The second kappa shape index (κ2) is 7.36. The minimum absolute atomic E-state index is 0.0160. The van der Waals surface area contributed by atoms with Gasteiger partial charge in [-0.1, -0.05) is 42.5 Å². The molecular weight excluding hydrogens is 282 g/mol. The van der Waals surface area contributed by atoms with Gasteiger partial charge in [0.15, 0.2) is 0 Å². The first-order valence-corrected chi connectivity index (χ1v) is 7.06. The largest absolute Gasteiger partial charge is 0.466 e. The Labute approximate surface area is 128 Å². The molecule has 0 heterocycles. The van der Waals surface area contributed by atoms with Crippen LogP contribution in [-0.2, 0) is 9.53 Å². The second-order valence-corrected chi connectivity index (χ2v) is 4.82. The Morgan fingerprint density at radius 2 is 1.82 bits per heavy atom. The maximum absolute atomic E-state index is 11.9. The number of hydrogen-bond donors (Lipinski definition) is 0. The maximum atomic E-state index is 11.9. The molecule has 2 aromatic carbocycles. The van der Waals surface area contributed by atoms with Crippen molar-refractivity contribution in [1.82, 2.24) is 0 Å². The summed E-state index contributed by atoms with van der Waals surface area (Å²) in [5, 5.41) is 11.0. The van der Waals surface area contributed by atoms with Crippen molar-refractivity contribution in [2.24, 2.45) is 0 Å². The lowest BCUT2D eigenvalue weighted by molar-refractivity contribution is -0.384. The highest BCUT2D eigenvalue weighted by Gasteiger charge is 2.20. The van der Waals surface area contributed by atoms with Crippen molar-refractivity contribution in [3.8, 4) is 0 Å². The molecule has 22 heavy (non-hydrogen) atoms. The summed E-state index contributed by atoms with van der Waals surface area (Å²) in [6.07, 6.45) is 0.152. The first-order valence-electron chi connectivity index (χ1n) is 7.06. The number of rotatable bonds is 6. The predicted molar refractivity (Wildman–Crippen MR) is 82.6 cm³/mol. The normalized spacial score (nSPS) is 11.7. The van der Waals surface area contributed by atoms with Gasteiger partial charge in [-0.15, -0.1) is 0 Å². The highest BCUT2D eigenvalue weighted by molar-refractivity contribution is 5.71. The van der Waals surface area contributed by atoms with Crippen molar-refractivity contribution in [2.45, 2.75) is 19.3 Å². The van der Waals surface area contributed by atoms with Crippen molar-refractivity contribution in [3.05, 3.63) is 75.8 Å². The average Bonchev–Trinajstić information content (AvgIpc) is 2.54. The van der Waals surface area contributed by atoms with Gasteiger partial charge < -0.3 is 4.74 Å². The monoisotopic (exact) mass is 299 g/mol. The zero-order chi connectivity index (χ0) is 15.9. The molecule has 0 aliphatic heterocycles. The van der Waals surface area contributed by atoms with E-state index in [0.717, 1.165) is 11.1 Å². The molecule has 0 saturated carbocycles. The number of benzene rings is 2. The van der Waals surface area contributed by atoms with Gasteiger partial charge in [0.25, 0.3) is 5.69 Å². The number of nitrogens with zero attached hydrogens (tertiary/aromatic N) is 1. The van der Waals surface area contributed by atoms with E-state index in [9.17, 15) is 14.9 Å². The molecule has 0 radical (unpaired) electrons. The van der Waals surface area contributed by atoms with Crippen molar-refractivity contribution in [3.63, 3.8) is 0 Å². The fourth-order valence-electron chi connectivity index (χ4n) is 2.36. The van der Waals surface area contributed by atoms with Crippen molar-refractivity contribution in [2.75, 3.05) is 6.61 Å². The average molecular weight is 299 g/mol. The Kier molecular flexibility index (Phi) is 5.25. The Balaban J connectivity index is 2.37. The summed E-state index contributed by atoms with van der Waals surface area (Å²) in [7, 11) is 0. The SMILES string of the molecule is CCOC(=O)CC(c1ccccc1)c1cccc([N+](=O)[O-])c1. The summed E-state index contributed by atoms with van der Waals surface area (Å²) in [6, 6.07) is 15.8. The number of hydrogen-bond acceptors (Lipinski definition) is 4. The minimum Gasteiger partial charge on any atom is -0.466 e.